The minimum Gasteiger partial charge on any atom is -0.480 e. The molecule has 1 atom stereocenters. The molecule has 0 saturated heterocycles. The highest BCUT2D eigenvalue weighted by molar-refractivity contribution is 7.99. The van der Waals surface area contributed by atoms with Crippen molar-refractivity contribution in [3.05, 3.63) is 0 Å². The van der Waals surface area contributed by atoms with Crippen LogP contribution in [0, 0.1) is 5.92 Å². The van der Waals surface area contributed by atoms with Gasteiger partial charge in [0.15, 0.2) is 0 Å². The van der Waals surface area contributed by atoms with Gasteiger partial charge in [-0.15, -0.1) is 0 Å². The van der Waals surface area contributed by atoms with Crippen LogP contribution < -0.4 is 10.6 Å². The number of carboxylic acid groups (broad SMARTS) is 1. The van der Waals surface area contributed by atoms with E-state index in [9.17, 15) is 14.7 Å². The summed E-state index contributed by atoms with van der Waals surface area (Å²) in [5, 5.41) is 15.6. The highest BCUT2D eigenvalue weighted by atomic mass is 32.2. The molecular formula is C14H24N2O3S. The van der Waals surface area contributed by atoms with Crippen molar-refractivity contribution in [2.45, 2.75) is 62.3 Å². The number of hydrogen-bond donors (Lipinski definition) is 3. The minimum atomic E-state index is -1.12. The normalized spacial score (nSPS) is 29.3. The lowest BCUT2D eigenvalue weighted by molar-refractivity contribution is -0.144. The van der Waals surface area contributed by atoms with Crippen molar-refractivity contribution < 1.29 is 14.7 Å². The van der Waals surface area contributed by atoms with E-state index < -0.39 is 11.5 Å². The lowest BCUT2D eigenvalue weighted by atomic mass is 9.94. The van der Waals surface area contributed by atoms with Gasteiger partial charge in [-0.1, -0.05) is 0 Å². The first-order valence-corrected chi connectivity index (χ1v) is 8.59. The van der Waals surface area contributed by atoms with Gasteiger partial charge >= 0.3 is 12.0 Å². The number of nitrogens with one attached hydrogen (secondary N) is 2. The molecule has 2 aliphatic rings. The molecule has 0 heterocycles. The van der Waals surface area contributed by atoms with E-state index >= 15 is 0 Å². The zero-order valence-corrected chi connectivity index (χ0v) is 13.0. The first-order valence-electron chi connectivity index (χ1n) is 7.30. The topological polar surface area (TPSA) is 78.4 Å². The largest absolute Gasteiger partial charge is 0.480 e. The van der Waals surface area contributed by atoms with Crippen LogP contribution in [0.5, 0.6) is 0 Å². The number of thioether (sulfide) groups is 1. The van der Waals surface area contributed by atoms with Crippen molar-refractivity contribution in [3.8, 4) is 0 Å². The van der Waals surface area contributed by atoms with E-state index in [0.29, 0.717) is 5.25 Å². The van der Waals surface area contributed by atoms with E-state index in [1.54, 1.807) is 6.92 Å². The molecule has 0 aliphatic heterocycles. The molecule has 2 rings (SSSR count). The predicted octanol–water partition coefficient (Wildman–Crippen LogP) is 2.21. The molecule has 0 aromatic rings. The Labute approximate surface area is 124 Å². The van der Waals surface area contributed by atoms with Gasteiger partial charge in [0.2, 0.25) is 0 Å². The number of aliphatic carboxylic acids is 1. The Morgan fingerprint density at radius 3 is 2.20 bits per heavy atom. The standard InChI is InChI=1S/C14H24N2O3S/c1-14(12(17)18,9-3-4-9)16-13(19)15-10-5-7-11(20-2)8-6-10/h9-11H,3-8H2,1-2H3,(H,17,18)(H2,15,16,19). The molecule has 0 spiro atoms. The third kappa shape index (κ3) is 3.59. The molecule has 0 aromatic heterocycles. The van der Waals surface area contributed by atoms with Gasteiger partial charge in [0.1, 0.15) is 5.54 Å². The van der Waals surface area contributed by atoms with Crippen LogP contribution in [-0.2, 0) is 4.79 Å². The van der Waals surface area contributed by atoms with Crippen molar-refractivity contribution in [1.29, 1.82) is 0 Å². The van der Waals surface area contributed by atoms with Gasteiger partial charge in [0.25, 0.3) is 0 Å². The molecule has 1 unspecified atom stereocenters. The Morgan fingerprint density at radius 1 is 1.15 bits per heavy atom. The summed E-state index contributed by atoms with van der Waals surface area (Å²) in [7, 11) is 0. The molecule has 0 radical (unpaired) electrons. The summed E-state index contributed by atoms with van der Waals surface area (Å²) in [6.45, 7) is 1.61. The van der Waals surface area contributed by atoms with Gasteiger partial charge in [0.05, 0.1) is 0 Å². The first-order chi connectivity index (χ1) is 9.45. The Kier molecular flexibility index (Phi) is 4.83. The van der Waals surface area contributed by atoms with Gasteiger partial charge in [0, 0.05) is 11.3 Å². The molecule has 0 aromatic carbocycles. The third-order valence-corrected chi connectivity index (χ3v) is 5.69. The third-order valence-electron chi connectivity index (χ3n) is 4.55. The summed E-state index contributed by atoms with van der Waals surface area (Å²) < 4.78 is 0. The van der Waals surface area contributed by atoms with E-state index in [2.05, 4.69) is 16.9 Å². The summed E-state index contributed by atoms with van der Waals surface area (Å²) in [6.07, 6.45) is 8.07. The van der Waals surface area contributed by atoms with Gasteiger partial charge in [-0.3, -0.25) is 0 Å². The Balaban J connectivity index is 1.82. The molecule has 2 aliphatic carbocycles. The number of amides is 2. The smallest absolute Gasteiger partial charge is 0.329 e. The second-order valence-electron chi connectivity index (χ2n) is 6.09. The van der Waals surface area contributed by atoms with Crippen molar-refractivity contribution in [2.75, 3.05) is 6.26 Å². The van der Waals surface area contributed by atoms with Crippen LogP contribution in [0.4, 0.5) is 4.79 Å². The lowest BCUT2D eigenvalue weighted by Crippen LogP contribution is -2.58. The highest BCUT2D eigenvalue weighted by Gasteiger charge is 2.48. The van der Waals surface area contributed by atoms with E-state index in [4.69, 9.17) is 0 Å². The number of hydrogen-bond acceptors (Lipinski definition) is 3. The number of rotatable bonds is 5. The lowest BCUT2D eigenvalue weighted by Gasteiger charge is -2.31. The fraction of sp³-hybridized carbons (Fsp3) is 0.857. The zero-order valence-electron chi connectivity index (χ0n) is 12.1. The van der Waals surface area contributed by atoms with Crippen molar-refractivity contribution in [1.82, 2.24) is 10.6 Å². The van der Waals surface area contributed by atoms with Crippen LogP contribution in [0.25, 0.3) is 0 Å². The molecule has 2 saturated carbocycles. The van der Waals surface area contributed by atoms with Crippen molar-refractivity contribution in [2.24, 2.45) is 5.92 Å². The fourth-order valence-corrected chi connectivity index (χ4v) is 3.63. The maximum absolute atomic E-state index is 12.0. The highest BCUT2D eigenvalue weighted by Crippen LogP contribution is 2.39. The Hall–Kier alpha value is -0.910. The molecule has 114 valence electrons. The number of carbonyl (C=O) groups excluding carboxylic acids is 1. The van der Waals surface area contributed by atoms with Gasteiger partial charge < -0.3 is 15.7 Å². The van der Waals surface area contributed by atoms with Crippen LogP contribution in [0.2, 0.25) is 0 Å². The molecule has 20 heavy (non-hydrogen) atoms. The predicted molar refractivity (Wildman–Crippen MR) is 80.0 cm³/mol. The van der Waals surface area contributed by atoms with Crippen LogP contribution in [-0.4, -0.2) is 40.2 Å². The Morgan fingerprint density at radius 2 is 1.75 bits per heavy atom. The summed E-state index contributed by atoms with van der Waals surface area (Å²) in [4.78, 5) is 23.4. The molecule has 2 amide bonds. The van der Waals surface area contributed by atoms with Crippen molar-refractivity contribution >= 4 is 23.8 Å². The number of carboxylic acids is 1. The summed E-state index contributed by atoms with van der Waals surface area (Å²) in [5.41, 5.74) is -1.12. The molecule has 0 bridgehead atoms. The summed E-state index contributed by atoms with van der Waals surface area (Å²) in [5.74, 6) is -0.876. The summed E-state index contributed by atoms with van der Waals surface area (Å²) in [6, 6.07) is -0.162. The first kappa shape index (κ1) is 15.5. The maximum Gasteiger partial charge on any atom is 0.329 e. The SMILES string of the molecule is CSC1CCC(NC(=O)NC(C)(C(=O)O)C2CC2)CC1. The number of urea groups is 1. The second-order valence-corrected chi connectivity index (χ2v) is 7.23. The van der Waals surface area contributed by atoms with Gasteiger partial charge in [-0.05, 0) is 57.6 Å². The van der Waals surface area contributed by atoms with E-state index in [1.807, 2.05) is 11.8 Å². The Bertz CT molecular complexity index is 379. The van der Waals surface area contributed by atoms with E-state index in [0.717, 1.165) is 38.5 Å². The molecule has 5 nitrogen and oxygen atoms in total. The van der Waals surface area contributed by atoms with Crippen LogP contribution in [0.1, 0.15) is 45.4 Å². The quantitative estimate of drug-likeness (QED) is 0.727. The maximum atomic E-state index is 12.0. The zero-order chi connectivity index (χ0) is 14.8. The monoisotopic (exact) mass is 300 g/mol. The average Bonchev–Trinajstić information content (AvgIpc) is 3.23. The van der Waals surface area contributed by atoms with E-state index in [1.165, 1.54) is 0 Å². The van der Waals surface area contributed by atoms with Crippen molar-refractivity contribution in [3.63, 3.8) is 0 Å². The molecule has 2 fully saturated rings. The van der Waals surface area contributed by atoms with Crippen LogP contribution in [0.3, 0.4) is 0 Å². The van der Waals surface area contributed by atoms with Gasteiger partial charge in [-0.25, -0.2) is 9.59 Å². The molecule has 6 heteroatoms. The second kappa shape index (κ2) is 6.24. The van der Waals surface area contributed by atoms with Crippen LogP contribution in [0.15, 0.2) is 0 Å². The van der Waals surface area contributed by atoms with Crippen LogP contribution >= 0.6 is 11.8 Å². The molecule has 3 N–H and O–H groups in total. The fourth-order valence-electron chi connectivity index (χ4n) is 2.89. The minimum absolute atomic E-state index is 0.0676. The number of carbonyl (C=O) groups is 2. The molecular weight excluding hydrogens is 276 g/mol. The summed E-state index contributed by atoms with van der Waals surface area (Å²) >= 11 is 1.89. The average molecular weight is 300 g/mol. The van der Waals surface area contributed by atoms with Gasteiger partial charge in [-0.2, -0.15) is 11.8 Å². The van der Waals surface area contributed by atoms with E-state index in [-0.39, 0.29) is 18.0 Å².